The van der Waals surface area contributed by atoms with E-state index in [2.05, 4.69) is 16.0 Å². The first-order valence-corrected chi connectivity index (χ1v) is 12.0. The second-order valence-corrected chi connectivity index (χ2v) is 9.27. The molecular formula is C27H22N4O3S. The molecule has 35 heavy (non-hydrogen) atoms. The fourth-order valence-corrected chi connectivity index (χ4v) is 5.05. The number of non-ortho nitro benzene ring substituents is 1. The minimum Gasteiger partial charge on any atom is -0.361 e. The molecule has 174 valence electrons. The van der Waals surface area contributed by atoms with Crippen molar-refractivity contribution in [3.63, 3.8) is 0 Å². The van der Waals surface area contributed by atoms with Crippen molar-refractivity contribution >= 4 is 51.2 Å². The fourth-order valence-electron chi connectivity index (χ4n) is 4.03. The van der Waals surface area contributed by atoms with Crippen LogP contribution in [-0.4, -0.2) is 32.4 Å². The van der Waals surface area contributed by atoms with Crippen molar-refractivity contribution in [2.45, 2.75) is 13.3 Å². The summed E-state index contributed by atoms with van der Waals surface area (Å²) in [5, 5.41) is 12.7. The molecule has 0 aliphatic carbocycles. The van der Waals surface area contributed by atoms with E-state index in [1.807, 2.05) is 61.7 Å². The van der Waals surface area contributed by atoms with Gasteiger partial charge >= 0.3 is 0 Å². The number of nitro groups is 1. The number of nitrogens with zero attached hydrogens (tertiary/aromatic N) is 3. The highest BCUT2D eigenvalue weighted by atomic mass is 32.2. The first kappa shape index (κ1) is 22.6. The molecule has 0 bridgehead atoms. The summed E-state index contributed by atoms with van der Waals surface area (Å²) >= 11 is 1.32. The summed E-state index contributed by atoms with van der Waals surface area (Å²) in [5.41, 5.74) is 4.81. The van der Waals surface area contributed by atoms with Crippen LogP contribution in [0.15, 0.2) is 88.9 Å². The van der Waals surface area contributed by atoms with E-state index in [4.69, 9.17) is 0 Å². The van der Waals surface area contributed by atoms with E-state index in [0.29, 0.717) is 28.7 Å². The number of fused-ring (bicyclic) bond motifs is 1. The average Bonchev–Trinajstić information content (AvgIpc) is 3.39. The number of hydrogen-bond acceptors (Lipinski definition) is 5. The Morgan fingerprint density at radius 3 is 2.66 bits per heavy atom. The number of para-hydroxylation sites is 1. The molecular weight excluding hydrogens is 460 g/mol. The quantitative estimate of drug-likeness (QED) is 0.200. The Labute approximate surface area is 206 Å². The average molecular weight is 483 g/mol. The molecule has 1 fully saturated rings. The summed E-state index contributed by atoms with van der Waals surface area (Å²) in [6.45, 7) is 2.48. The molecule has 8 heteroatoms. The van der Waals surface area contributed by atoms with Crippen molar-refractivity contribution in [2.24, 2.45) is 4.99 Å². The zero-order valence-electron chi connectivity index (χ0n) is 19.0. The maximum absolute atomic E-state index is 13.4. The van der Waals surface area contributed by atoms with E-state index in [-0.39, 0.29) is 11.6 Å². The van der Waals surface area contributed by atoms with Crippen LogP contribution in [0.2, 0.25) is 0 Å². The minimum absolute atomic E-state index is 0.000302. The third kappa shape index (κ3) is 4.88. The predicted octanol–water partition coefficient (Wildman–Crippen LogP) is 6.23. The van der Waals surface area contributed by atoms with Crippen molar-refractivity contribution in [2.75, 3.05) is 6.54 Å². The third-order valence-electron chi connectivity index (χ3n) is 5.79. The van der Waals surface area contributed by atoms with Gasteiger partial charge < -0.3 is 4.98 Å². The molecule has 1 N–H and O–H groups in total. The Morgan fingerprint density at radius 2 is 1.89 bits per heavy atom. The normalized spacial score (nSPS) is 16.0. The lowest BCUT2D eigenvalue weighted by Gasteiger charge is -2.15. The molecule has 2 heterocycles. The maximum Gasteiger partial charge on any atom is 0.269 e. The van der Waals surface area contributed by atoms with Gasteiger partial charge in [0.05, 0.1) is 15.5 Å². The van der Waals surface area contributed by atoms with E-state index < -0.39 is 4.92 Å². The summed E-state index contributed by atoms with van der Waals surface area (Å²) in [6, 6.07) is 22.1. The summed E-state index contributed by atoms with van der Waals surface area (Å²) in [6.07, 6.45) is 4.53. The number of benzene rings is 3. The lowest BCUT2D eigenvalue weighted by molar-refractivity contribution is -0.384. The molecule has 0 atom stereocenters. The SMILES string of the molecule is Cc1cccc(/C=C2\SC(=Nc3ccc([N+](=O)[O-])cc3)N(CCc3c[nH]c4ccccc34)C2=O)c1. The molecule has 5 rings (SSSR count). The van der Waals surface area contributed by atoms with Crippen LogP contribution in [0.3, 0.4) is 0 Å². The molecule has 1 amide bonds. The number of aromatic nitrogens is 1. The topological polar surface area (TPSA) is 91.6 Å². The van der Waals surface area contributed by atoms with Crippen LogP contribution in [0, 0.1) is 17.0 Å². The van der Waals surface area contributed by atoms with Gasteiger partial charge in [-0.1, -0.05) is 48.0 Å². The van der Waals surface area contributed by atoms with E-state index in [1.54, 1.807) is 17.0 Å². The number of amidine groups is 1. The van der Waals surface area contributed by atoms with E-state index >= 15 is 0 Å². The standard InChI is InChI=1S/C27H22N4O3S/c1-18-5-4-6-19(15-18)16-25-26(32)30(14-13-20-17-28-24-8-3-2-7-23(20)24)27(35-25)29-21-9-11-22(12-10-21)31(33)34/h2-12,15-17,28H,13-14H2,1H3/b25-16-,29-27?. The van der Waals surface area contributed by atoms with Crippen molar-refractivity contribution in [1.82, 2.24) is 9.88 Å². The Kier molecular flexibility index (Phi) is 6.20. The first-order valence-electron chi connectivity index (χ1n) is 11.1. The summed E-state index contributed by atoms with van der Waals surface area (Å²) in [5.74, 6) is -0.1000. The first-order chi connectivity index (χ1) is 17.0. The van der Waals surface area contributed by atoms with Crippen LogP contribution >= 0.6 is 11.8 Å². The molecule has 1 saturated heterocycles. The number of H-pyrrole nitrogens is 1. The molecule has 4 aromatic rings. The third-order valence-corrected chi connectivity index (χ3v) is 6.80. The highest BCUT2D eigenvalue weighted by Gasteiger charge is 2.33. The number of thioether (sulfide) groups is 1. The number of amides is 1. The Hall–Kier alpha value is -4.17. The van der Waals surface area contributed by atoms with Gasteiger partial charge in [0, 0.05) is 35.8 Å². The van der Waals surface area contributed by atoms with Crippen LogP contribution < -0.4 is 0 Å². The van der Waals surface area contributed by atoms with Crippen molar-refractivity contribution in [3.8, 4) is 0 Å². The summed E-state index contributed by atoms with van der Waals surface area (Å²) < 4.78 is 0. The number of carbonyl (C=O) groups is 1. The molecule has 1 aliphatic heterocycles. The molecule has 0 radical (unpaired) electrons. The van der Waals surface area contributed by atoms with Gasteiger partial charge in [-0.2, -0.15) is 0 Å². The van der Waals surface area contributed by atoms with Gasteiger partial charge in [-0.15, -0.1) is 0 Å². The number of nitro benzene ring substituents is 1. The van der Waals surface area contributed by atoms with Crippen molar-refractivity contribution in [3.05, 3.63) is 111 Å². The second kappa shape index (κ2) is 9.60. The van der Waals surface area contributed by atoms with Crippen molar-refractivity contribution < 1.29 is 9.72 Å². The van der Waals surface area contributed by atoms with E-state index in [1.165, 1.54) is 23.9 Å². The summed E-state index contributed by atoms with van der Waals surface area (Å²) in [4.78, 5) is 34.2. The molecule has 0 spiro atoms. The molecule has 7 nitrogen and oxygen atoms in total. The van der Waals surface area contributed by atoms with E-state index in [0.717, 1.165) is 27.6 Å². The predicted molar refractivity (Wildman–Crippen MR) is 141 cm³/mol. The molecule has 3 aromatic carbocycles. The Balaban J connectivity index is 1.46. The van der Waals surface area contributed by atoms with Gasteiger partial charge in [0.1, 0.15) is 0 Å². The molecule has 0 unspecified atom stereocenters. The van der Waals surface area contributed by atoms with Crippen LogP contribution in [-0.2, 0) is 11.2 Å². The van der Waals surface area contributed by atoms with Crippen LogP contribution in [0.1, 0.15) is 16.7 Å². The number of aryl methyl sites for hydroxylation is 1. The number of rotatable bonds is 6. The smallest absolute Gasteiger partial charge is 0.269 e. The zero-order chi connectivity index (χ0) is 24.4. The second-order valence-electron chi connectivity index (χ2n) is 8.26. The lowest BCUT2D eigenvalue weighted by Crippen LogP contribution is -2.31. The van der Waals surface area contributed by atoms with Gasteiger partial charge in [0.15, 0.2) is 5.17 Å². The van der Waals surface area contributed by atoms with Crippen LogP contribution in [0.5, 0.6) is 0 Å². The zero-order valence-corrected chi connectivity index (χ0v) is 19.8. The number of aromatic amines is 1. The summed E-state index contributed by atoms with van der Waals surface area (Å²) in [7, 11) is 0. The van der Waals surface area contributed by atoms with Gasteiger partial charge in [-0.25, -0.2) is 4.99 Å². The van der Waals surface area contributed by atoms with Crippen LogP contribution in [0.25, 0.3) is 17.0 Å². The number of aliphatic imine (C=N–C) groups is 1. The molecule has 0 saturated carbocycles. The minimum atomic E-state index is -0.443. The van der Waals surface area contributed by atoms with Gasteiger partial charge in [0.2, 0.25) is 0 Å². The lowest BCUT2D eigenvalue weighted by atomic mass is 10.1. The Bertz CT molecular complexity index is 1490. The maximum atomic E-state index is 13.4. The Morgan fingerprint density at radius 1 is 1.09 bits per heavy atom. The fraction of sp³-hybridized carbons (Fsp3) is 0.111. The highest BCUT2D eigenvalue weighted by molar-refractivity contribution is 8.18. The van der Waals surface area contributed by atoms with E-state index in [9.17, 15) is 14.9 Å². The largest absolute Gasteiger partial charge is 0.361 e. The number of nitrogens with one attached hydrogen (secondary N) is 1. The number of carbonyl (C=O) groups excluding carboxylic acids is 1. The van der Waals surface area contributed by atoms with Crippen LogP contribution in [0.4, 0.5) is 11.4 Å². The molecule has 1 aliphatic rings. The van der Waals surface area contributed by atoms with Crippen molar-refractivity contribution in [1.29, 1.82) is 0 Å². The van der Waals surface area contributed by atoms with Gasteiger partial charge in [0.25, 0.3) is 11.6 Å². The molecule has 1 aromatic heterocycles. The van der Waals surface area contributed by atoms with Gasteiger partial charge in [-0.3, -0.25) is 19.8 Å². The highest BCUT2D eigenvalue weighted by Crippen LogP contribution is 2.35. The van der Waals surface area contributed by atoms with Gasteiger partial charge in [-0.05, 0) is 60.5 Å². The monoisotopic (exact) mass is 482 g/mol. The number of hydrogen-bond donors (Lipinski definition) is 1.